The normalized spacial score (nSPS) is 15.0. The van der Waals surface area contributed by atoms with Crippen LogP contribution in [0.5, 0.6) is 0 Å². The Balaban J connectivity index is 1.28. The predicted octanol–water partition coefficient (Wildman–Crippen LogP) is 2.54. The lowest BCUT2D eigenvalue weighted by atomic mass is 10.2. The molecule has 188 valence electrons. The lowest BCUT2D eigenvalue weighted by Crippen LogP contribution is -2.46. The fourth-order valence-corrected chi connectivity index (χ4v) is 5.09. The monoisotopic (exact) mass is 486 g/mol. The molecule has 0 spiro atoms. The Kier molecular flexibility index (Phi) is 7.44. The van der Waals surface area contributed by atoms with E-state index < -0.39 is 0 Å². The van der Waals surface area contributed by atoms with Gasteiger partial charge < -0.3 is 19.7 Å². The Morgan fingerprint density at radius 1 is 0.944 bits per heavy atom. The van der Waals surface area contributed by atoms with Gasteiger partial charge in [-0.25, -0.2) is 4.68 Å². The number of hydrogen-bond acceptors (Lipinski definition) is 5. The molecule has 0 aliphatic carbocycles. The molecule has 0 radical (unpaired) electrons. The maximum Gasteiger partial charge on any atom is 0.291 e. The maximum atomic E-state index is 13.5. The van der Waals surface area contributed by atoms with Gasteiger partial charge in [-0.15, -0.1) is 0 Å². The van der Waals surface area contributed by atoms with Crippen molar-refractivity contribution in [1.82, 2.24) is 29.5 Å². The number of likely N-dealkylation sites (N-methyl/N-ethyl adjacent to an activating group) is 1. The van der Waals surface area contributed by atoms with E-state index in [2.05, 4.69) is 39.3 Å². The number of rotatable bonds is 9. The molecule has 2 aromatic heterocycles. The van der Waals surface area contributed by atoms with Crippen molar-refractivity contribution in [2.24, 2.45) is 0 Å². The van der Waals surface area contributed by atoms with Crippen molar-refractivity contribution in [1.29, 1.82) is 0 Å². The third-order valence-electron chi connectivity index (χ3n) is 7.14. The highest BCUT2D eigenvalue weighted by Crippen LogP contribution is 2.27. The number of hydrogen-bond donors (Lipinski definition) is 1. The summed E-state index contributed by atoms with van der Waals surface area (Å²) >= 11 is 0. The average Bonchev–Trinajstić information content (AvgIpc) is 3.23. The average molecular weight is 487 g/mol. The Morgan fingerprint density at radius 3 is 2.44 bits per heavy atom. The summed E-state index contributed by atoms with van der Waals surface area (Å²) in [5.74, 6) is -0.189. The van der Waals surface area contributed by atoms with Crippen LogP contribution in [0.15, 0.2) is 65.6 Å². The van der Waals surface area contributed by atoms with Crippen LogP contribution >= 0.6 is 0 Å². The van der Waals surface area contributed by atoms with E-state index in [9.17, 15) is 9.59 Å². The van der Waals surface area contributed by atoms with E-state index in [0.717, 1.165) is 67.5 Å². The number of amides is 1. The fraction of sp³-hybridized carbons (Fsp3) is 0.393. The molecular weight excluding hydrogens is 452 g/mol. The highest BCUT2D eigenvalue weighted by Gasteiger charge is 2.18. The third-order valence-corrected chi connectivity index (χ3v) is 7.14. The van der Waals surface area contributed by atoms with Crippen LogP contribution in [-0.4, -0.2) is 75.9 Å². The van der Waals surface area contributed by atoms with Crippen LogP contribution in [0.2, 0.25) is 0 Å². The number of fused-ring (bicyclic) bond motifs is 3. The molecule has 3 heterocycles. The van der Waals surface area contributed by atoms with Gasteiger partial charge in [-0.2, -0.15) is 5.10 Å². The molecule has 8 heteroatoms. The molecule has 1 amide bonds. The fourth-order valence-electron chi connectivity index (χ4n) is 5.09. The topological polar surface area (TPSA) is 75.4 Å². The van der Waals surface area contributed by atoms with E-state index in [4.69, 9.17) is 0 Å². The first-order valence-corrected chi connectivity index (χ1v) is 12.9. The zero-order valence-electron chi connectivity index (χ0n) is 20.9. The maximum absolute atomic E-state index is 13.5. The highest BCUT2D eigenvalue weighted by atomic mass is 16.2. The van der Waals surface area contributed by atoms with Gasteiger partial charge in [-0.1, -0.05) is 55.5 Å². The van der Waals surface area contributed by atoms with Gasteiger partial charge >= 0.3 is 0 Å². The van der Waals surface area contributed by atoms with Crippen molar-refractivity contribution in [3.63, 3.8) is 0 Å². The summed E-state index contributed by atoms with van der Waals surface area (Å²) in [6.45, 7) is 9.75. The summed E-state index contributed by atoms with van der Waals surface area (Å²) in [5, 5.41) is 9.12. The lowest BCUT2D eigenvalue weighted by molar-refractivity contribution is -0.121. The second-order valence-corrected chi connectivity index (χ2v) is 9.44. The second-order valence-electron chi connectivity index (χ2n) is 9.44. The van der Waals surface area contributed by atoms with Gasteiger partial charge in [0, 0.05) is 55.6 Å². The summed E-state index contributed by atoms with van der Waals surface area (Å²) in [5.41, 5.74) is 2.42. The number of nitrogens with one attached hydrogen (secondary N) is 1. The minimum absolute atomic E-state index is 0.0865. The first kappa shape index (κ1) is 24.2. The van der Waals surface area contributed by atoms with Crippen molar-refractivity contribution in [2.75, 3.05) is 45.8 Å². The van der Waals surface area contributed by atoms with Crippen molar-refractivity contribution in [3.8, 4) is 0 Å². The predicted molar refractivity (Wildman–Crippen MR) is 143 cm³/mol. The zero-order valence-corrected chi connectivity index (χ0v) is 20.9. The van der Waals surface area contributed by atoms with Crippen molar-refractivity contribution in [3.05, 3.63) is 76.7 Å². The summed E-state index contributed by atoms with van der Waals surface area (Å²) in [6, 6.07) is 18.1. The van der Waals surface area contributed by atoms with Gasteiger partial charge in [0.2, 0.25) is 5.91 Å². The van der Waals surface area contributed by atoms with Crippen LogP contribution in [0.4, 0.5) is 0 Å². The van der Waals surface area contributed by atoms with Crippen LogP contribution in [0.3, 0.4) is 0 Å². The van der Waals surface area contributed by atoms with Crippen LogP contribution in [0.1, 0.15) is 18.9 Å². The molecule has 1 fully saturated rings. The Bertz CT molecular complexity index is 1390. The van der Waals surface area contributed by atoms with E-state index in [1.54, 1.807) is 6.20 Å². The first-order valence-electron chi connectivity index (χ1n) is 12.9. The molecule has 0 bridgehead atoms. The number of carbonyl (C=O) groups excluding carboxylic acids is 1. The smallest absolute Gasteiger partial charge is 0.291 e. The zero-order chi connectivity index (χ0) is 24.9. The lowest BCUT2D eigenvalue weighted by Gasteiger charge is -2.33. The molecule has 1 N–H and O–H groups in total. The summed E-state index contributed by atoms with van der Waals surface area (Å²) in [4.78, 5) is 31.1. The van der Waals surface area contributed by atoms with Crippen molar-refractivity contribution < 1.29 is 4.79 Å². The van der Waals surface area contributed by atoms with E-state index >= 15 is 0 Å². The Hall–Kier alpha value is -3.49. The molecule has 5 rings (SSSR count). The minimum atomic E-state index is -0.247. The summed E-state index contributed by atoms with van der Waals surface area (Å²) < 4.78 is 3.32. The second kappa shape index (κ2) is 11.1. The molecule has 8 nitrogen and oxygen atoms in total. The molecule has 0 unspecified atom stereocenters. The molecule has 1 aliphatic heterocycles. The quantitative estimate of drug-likeness (QED) is 0.368. The summed E-state index contributed by atoms with van der Waals surface area (Å²) in [6.07, 6.45) is 2.61. The van der Waals surface area contributed by atoms with Gasteiger partial charge in [0.05, 0.1) is 6.20 Å². The Labute approximate surface area is 211 Å². The van der Waals surface area contributed by atoms with Gasteiger partial charge in [0.15, 0.2) is 0 Å². The minimum Gasteiger partial charge on any atom is -0.354 e. The number of carbonyl (C=O) groups is 1. The van der Waals surface area contributed by atoms with Crippen molar-refractivity contribution >= 4 is 27.7 Å². The molecule has 1 aliphatic rings. The summed E-state index contributed by atoms with van der Waals surface area (Å²) in [7, 11) is 0. The van der Waals surface area contributed by atoms with Gasteiger partial charge in [0.25, 0.3) is 5.56 Å². The molecule has 0 atom stereocenters. The number of nitrogens with zero attached hydrogens (tertiary/aromatic N) is 5. The van der Waals surface area contributed by atoms with E-state index in [1.165, 1.54) is 4.68 Å². The number of para-hydroxylation sites is 1. The number of aromatic nitrogens is 3. The van der Waals surface area contributed by atoms with E-state index in [0.29, 0.717) is 18.6 Å². The molecule has 2 aromatic carbocycles. The van der Waals surface area contributed by atoms with Gasteiger partial charge in [-0.05, 0) is 31.1 Å². The van der Waals surface area contributed by atoms with Crippen LogP contribution < -0.4 is 10.9 Å². The van der Waals surface area contributed by atoms with Crippen molar-refractivity contribution in [2.45, 2.75) is 26.4 Å². The standard InChI is InChI=1S/C28H34N6O2/c1-2-31-15-17-32(18-16-31)14-8-13-29-26(35)21-34-28(36)27-24(19-30-34)23-11-6-7-12-25(23)33(27)20-22-9-4-3-5-10-22/h3-7,9-12,19H,2,8,13-18,20-21H2,1H3,(H,29,35). The van der Waals surface area contributed by atoms with Gasteiger partial charge in [-0.3, -0.25) is 9.59 Å². The van der Waals surface area contributed by atoms with Crippen LogP contribution in [-0.2, 0) is 17.9 Å². The SMILES string of the molecule is CCN1CCN(CCCNC(=O)Cn2ncc3c4ccccc4n(Cc4ccccc4)c3c2=O)CC1. The van der Waals surface area contributed by atoms with Gasteiger partial charge in [0.1, 0.15) is 12.1 Å². The largest absolute Gasteiger partial charge is 0.354 e. The van der Waals surface area contributed by atoms with E-state index in [-0.39, 0.29) is 18.0 Å². The third kappa shape index (κ3) is 5.20. The molecule has 36 heavy (non-hydrogen) atoms. The van der Waals surface area contributed by atoms with Crippen LogP contribution in [0, 0.1) is 0 Å². The molecule has 4 aromatic rings. The molecule has 1 saturated heterocycles. The first-order chi connectivity index (χ1) is 17.6. The highest BCUT2D eigenvalue weighted by molar-refractivity contribution is 6.07. The Morgan fingerprint density at radius 2 is 1.67 bits per heavy atom. The number of benzene rings is 2. The number of piperazine rings is 1. The van der Waals surface area contributed by atoms with Crippen LogP contribution in [0.25, 0.3) is 21.8 Å². The molecule has 0 saturated carbocycles. The van der Waals surface area contributed by atoms with E-state index in [1.807, 2.05) is 47.0 Å². The molecular formula is C28H34N6O2.